The number of halogens is 1. The summed E-state index contributed by atoms with van der Waals surface area (Å²) in [6.07, 6.45) is 7.61. The van der Waals surface area contributed by atoms with Crippen molar-refractivity contribution in [2.45, 2.75) is 52.0 Å². The molecule has 3 nitrogen and oxygen atoms in total. The summed E-state index contributed by atoms with van der Waals surface area (Å²) in [4.78, 5) is 15.9. The molecule has 0 radical (unpaired) electrons. The molecule has 1 aromatic heterocycles. The van der Waals surface area contributed by atoms with Crippen molar-refractivity contribution in [3.63, 3.8) is 0 Å². The highest BCUT2D eigenvalue weighted by molar-refractivity contribution is 9.10. The lowest BCUT2D eigenvalue weighted by atomic mass is 10.1. The molecule has 0 saturated heterocycles. The van der Waals surface area contributed by atoms with Gasteiger partial charge in [-0.25, -0.2) is 4.98 Å². The summed E-state index contributed by atoms with van der Waals surface area (Å²) in [5.41, 5.74) is 0.650. The molecular formula is C14H21BrN2O. The fraction of sp³-hybridized carbons (Fsp3) is 0.571. The average Bonchev–Trinajstić information content (AvgIpc) is 2.34. The maximum Gasteiger partial charge on any atom is 0.251 e. The maximum atomic E-state index is 11.9. The van der Waals surface area contributed by atoms with Gasteiger partial charge in [0.1, 0.15) is 4.60 Å². The molecule has 0 aliphatic rings. The minimum Gasteiger partial charge on any atom is -0.350 e. The molecule has 1 unspecified atom stereocenters. The van der Waals surface area contributed by atoms with Crippen molar-refractivity contribution in [1.29, 1.82) is 0 Å². The van der Waals surface area contributed by atoms with E-state index in [1.54, 1.807) is 18.3 Å². The number of nitrogens with zero attached hydrogens (tertiary/aromatic N) is 1. The minimum absolute atomic E-state index is 0.0268. The summed E-state index contributed by atoms with van der Waals surface area (Å²) in [7, 11) is 0. The predicted octanol–water partition coefficient (Wildman–Crippen LogP) is 3.93. The lowest BCUT2D eigenvalue weighted by Crippen LogP contribution is -2.32. The number of aromatic nitrogens is 1. The zero-order valence-electron chi connectivity index (χ0n) is 11.1. The highest BCUT2D eigenvalue weighted by atomic mass is 79.9. The van der Waals surface area contributed by atoms with Gasteiger partial charge in [-0.05, 0) is 41.4 Å². The van der Waals surface area contributed by atoms with Crippen LogP contribution in [0.3, 0.4) is 0 Å². The van der Waals surface area contributed by atoms with Gasteiger partial charge < -0.3 is 5.32 Å². The zero-order chi connectivity index (χ0) is 13.4. The second kappa shape index (κ2) is 8.25. The molecule has 1 heterocycles. The molecule has 0 aliphatic heterocycles. The van der Waals surface area contributed by atoms with Crippen LogP contribution >= 0.6 is 15.9 Å². The fourth-order valence-corrected chi connectivity index (χ4v) is 2.17. The summed E-state index contributed by atoms with van der Waals surface area (Å²) in [6.45, 7) is 4.26. The van der Waals surface area contributed by atoms with E-state index in [1.165, 1.54) is 25.7 Å². The Hall–Kier alpha value is -0.900. The molecular weight excluding hydrogens is 292 g/mol. The number of rotatable bonds is 7. The Labute approximate surface area is 118 Å². The lowest BCUT2D eigenvalue weighted by molar-refractivity contribution is 0.0937. The van der Waals surface area contributed by atoms with Gasteiger partial charge >= 0.3 is 0 Å². The van der Waals surface area contributed by atoms with Gasteiger partial charge in [-0.3, -0.25) is 4.79 Å². The molecule has 18 heavy (non-hydrogen) atoms. The Morgan fingerprint density at radius 2 is 2.22 bits per heavy atom. The molecule has 1 amide bonds. The number of pyridine rings is 1. The molecule has 0 saturated carbocycles. The quantitative estimate of drug-likeness (QED) is 0.612. The summed E-state index contributed by atoms with van der Waals surface area (Å²) in [5, 5.41) is 3.01. The van der Waals surface area contributed by atoms with E-state index in [1.807, 2.05) is 0 Å². The van der Waals surface area contributed by atoms with Gasteiger partial charge in [0.25, 0.3) is 5.91 Å². The SMILES string of the molecule is CCCCCCC(C)NC(=O)c1ccnc(Br)c1. The second-order valence-corrected chi connectivity index (χ2v) is 5.40. The number of carbonyl (C=O) groups excluding carboxylic acids is 1. The normalized spacial score (nSPS) is 12.2. The van der Waals surface area contributed by atoms with Gasteiger partial charge in [-0.2, -0.15) is 0 Å². The van der Waals surface area contributed by atoms with Crippen LogP contribution in [0.25, 0.3) is 0 Å². The van der Waals surface area contributed by atoms with E-state index in [0.29, 0.717) is 10.2 Å². The fourth-order valence-electron chi connectivity index (χ4n) is 1.80. The second-order valence-electron chi connectivity index (χ2n) is 4.59. The highest BCUT2D eigenvalue weighted by Crippen LogP contribution is 2.09. The van der Waals surface area contributed by atoms with Crippen LogP contribution in [0.15, 0.2) is 22.9 Å². The molecule has 1 N–H and O–H groups in total. The van der Waals surface area contributed by atoms with Gasteiger partial charge in [-0.1, -0.05) is 32.6 Å². The van der Waals surface area contributed by atoms with Gasteiger partial charge in [0.05, 0.1) is 0 Å². The van der Waals surface area contributed by atoms with Crippen molar-refractivity contribution in [2.75, 3.05) is 0 Å². The molecule has 0 fully saturated rings. The van der Waals surface area contributed by atoms with Crippen LogP contribution in [0, 0.1) is 0 Å². The molecule has 0 bridgehead atoms. The van der Waals surface area contributed by atoms with E-state index in [-0.39, 0.29) is 11.9 Å². The maximum absolute atomic E-state index is 11.9. The van der Waals surface area contributed by atoms with Crippen molar-refractivity contribution >= 4 is 21.8 Å². The Bertz CT molecular complexity index is 382. The number of hydrogen-bond donors (Lipinski definition) is 1. The van der Waals surface area contributed by atoms with E-state index in [9.17, 15) is 4.79 Å². The topological polar surface area (TPSA) is 42.0 Å². The van der Waals surface area contributed by atoms with Crippen molar-refractivity contribution in [2.24, 2.45) is 0 Å². The van der Waals surface area contributed by atoms with Crippen molar-refractivity contribution in [1.82, 2.24) is 10.3 Å². The van der Waals surface area contributed by atoms with E-state index in [0.717, 1.165) is 6.42 Å². The summed E-state index contributed by atoms with van der Waals surface area (Å²) in [6, 6.07) is 3.68. The number of hydrogen-bond acceptors (Lipinski definition) is 2. The smallest absolute Gasteiger partial charge is 0.251 e. The molecule has 0 aliphatic carbocycles. The Kier molecular flexibility index (Phi) is 6.94. The average molecular weight is 313 g/mol. The molecule has 4 heteroatoms. The van der Waals surface area contributed by atoms with E-state index in [2.05, 4.69) is 40.1 Å². The number of carbonyl (C=O) groups is 1. The lowest BCUT2D eigenvalue weighted by Gasteiger charge is -2.13. The summed E-state index contributed by atoms with van der Waals surface area (Å²) < 4.78 is 0.686. The monoisotopic (exact) mass is 312 g/mol. The van der Waals surface area contributed by atoms with Crippen LogP contribution in [0.4, 0.5) is 0 Å². The molecule has 1 rings (SSSR count). The summed E-state index contributed by atoms with van der Waals surface area (Å²) in [5.74, 6) is -0.0268. The van der Waals surface area contributed by atoms with Crippen LogP contribution in [0.1, 0.15) is 56.3 Å². The van der Waals surface area contributed by atoms with E-state index in [4.69, 9.17) is 0 Å². The first-order valence-corrected chi connectivity index (χ1v) is 7.35. The third-order valence-electron chi connectivity index (χ3n) is 2.86. The van der Waals surface area contributed by atoms with Crippen molar-refractivity contribution in [3.05, 3.63) is 28.5 Å². The number of amides is 1. The zero-order valence-corrected chi connectivity index (χ0v) is 12.7. The van der Waals surface area contributed by atoms with E-state index < -0.39 is 0 Å². The van der Waals surface area contributed by atoms with Crippen LogP contribution in [-0.4, -0.2) is 16.9 Å². The Balaban J connectivity index is 2.35. The predicted molar refractivity (Wildman–Crippen MR) is 77.6 cm³/mol. The van der Waals surface area contributed by atoms with Gasteiger partial charge in [0.2, 0.25) is 0 Å². The summed E-state index contributed by atoms with van der Waals surface area (Å²) >= 11 is 3.26. The highest BCUT2D eigenvalue weighted by Gasteiger charge is 2.09. The molecule has 0 spiro atoms. The number of nitrogens with one attached hydrogen (secondary N) is 1. The van der Waals surface area contributed by atoms with Crippen LogP contribution in [0.5, 0.6) is 0 Å². The van der Waals surface area contributed by atoms with Crippen molar-refractivity contribution < 1.29 is 4.79 Å². The standard InChI is InChI=1S/C14H21BrN2O/c1-3-4-5-6-7-11(2)17-14(18)12-8-9-16-13(15)10-12/h8-11H,3-7H2,1-2H3,(H,17,18). The van der Waals surface area contributed by atoms with Crippen molar-refractivity contribution in [3.8, 4) is 0 Å². The minimum atomic E-state index is -0.0268. The van der Waals surface area contributed by atoms with Crippen LogP contribution < -0.4 is 5.32 Å². The van der Waals surface area contributed by atoms with Gasteiger partial charge in [0.15, 0.2) is 0 Å². The van der Waals surface area contributed by atoms with Gasteiger partial charge in [0, 0.05) is 17.8 Å². The van der Waals surface area contributed by atoms with Crippen LogP contribution in [-0.2, 0) is 0 Å². The third-order valence-corrected chi connectivity index (χ3v) is 3.29. The first kappa shape index (κ1) is 15.2. The largest absolute Gasteiger partial charge is 0.350 e. The molecule has 1 atom stereocenters. The third kappa shape index (κ3) is 5.63. The van der Waals surface area contributed by atoms with E-state index >= 15 is 0 Å². The Morgan fingerprint density at radius 3 is 2.89 bits per heavy atom. The van der Waals surface area contributed by atoms with Gasteiger partial charge in [-0.15, -0.1) is 0 Å². The first-order valence-electron chi connectivity index (χ1n) is 6.56. The molecule has 0 aromatic carbocycles. The Morgan fingerprint density at radius 1 is 1.44 bits per heavy atom. The van der Waals surface area contributed by atoms with Crippen LogP contribution in [0.2, 0.25) is 0 Å². The number of unbranched alkanes of at least 4 members (excludes halogenated alkanes) is 3. The molecule has 1 aromatic rings. The first-order chi connectivity index (χ1) is 8.63. The molecule has 100 valence electrons.